The summed E-state index contributed by atoms with van der Waals surface area (Å²) in [6.07, 6.45) is 6.93. The molecular weight excluding hydrogens is 262 g/mol. The van der Waals surface area contributed by atoms with Crippen molar-refractivity contribution in [2.24, 2.45) is 23.7 Å². The molecule has 0 radical (unpaired) electrons. The van der Waals surface area contributed by atoms with Crippen molar-refractivity contribution >= 4 is 11.7 Å². The summed E-state index contributed by atoms with van der Waals surface area (Å²) in [5.41, 5.74) is 0. The largest absolute Gasteiger partial charge is 0.356 e. The molecule has 1 N–H and O–H groups in total. The number of hydrogen-bond acceptors (Lipinski definition) is 2. The second-order valence-corrected chi connectivity index (χ2v) is 7.36. The third kappa shape index (κ3) is 7.10. The van der Waals surface area contributed by atoms with E-state index >= 15 is 0 Å². The Bertz CT molecular complexity index is 328. The van der Waals surface area contributed by atoms with Crippen molar-refractivity contribution in [3.8, 4) is 0 Å². The highest BCUT2D eigenvalue weighted by Gasteiger charge is 2.27. The molecule has 122 valence electrons. The summed E-state index contributed by atoms with van der Waals surface area (Å²) in [4.78, 5) is 23.7. The van der Waals surface area contributed by atoms with Gasteiger partial charge in [-0.05, 0) is 43.9 Å². The van der Waals surface area contributed by atoms with Gasteiger partial charge in [0.1, 0.15) is 5.78 Å². The molecule has 3 nitrogen and oxygen atoms in total. The Hall–Kier alpha value is -0.860. The van der Waals surface area contributed by atoms with E-state index in [0.29, 0.717) is 24.0 Å². The number of rotatable bonds is 8. The molecule has 1 rings (SSSR count). The van der Waals surface area contributed by atoms with Crippen molar-refractivity contribution in [2.45, 2.75) is 72.6 Å². The zero-order chi connectivity index (χ0) is 15.8. The second-order valence-electron chi connectivity index (χ2n) is 7.36. The van der Waals surface area contributed by atoms with Gasteiger partial charge in [-0.1, -0.05) is 34.1 Å². The van der Waals surface area contributed by atoms with Gasteiger partial charge >= 0.3 is 0 Å². The first-order chi connectivity index (χ1) is 9.90. The minimum atomic E-state index is 0.159. The van der Waals surface area contributed by atoms with Crippen molar-refractivity contribution in [1.29, 1.82) is 0 Å². The second kappa shape index (κ2) is 9.22. The lowest BCUT2D eigenvalue weighted by Gasteiger charge is -2.28. The Labute approximate surface area is 130 Å². The highest BCUT2D eigenvalue weighted by Crippen LogP contribution is 2.30. The van der Waals surface area contributed by atoms with Crippen LogP contribution in [-0.2, 0) is 9.59 Å². The molecule has 0 bridgehead atoms. The van der Waals surface area contributed by atoms with E-state index in [2.05, 4.69) is 19.2 Å². The fourth-order valence-corrected chi connectivity index (χ4v) is 3.14. The van der Waals surface area contributed by atoms with Crippen LogP contribution < -0.4 is 5.32 Å². The summed E-state index contributed by atoms with van der Waals surface area (Å²) in [5.74, 6) is 2.28. The summed E-state index contributed by atoms with van der Waals surface area (Å²) in [7, 11) is 0. The molecule has 0 heterocycles. The smallest absolute Gasteiger partial charge is 0.220 e. The van der Waals surface area contributed by atoms with Gasteiger partial charge < -0.3 is 5.32 Å². The van der Waals surface area contributed by atoms with E-state index in [9.17, 15) is 9.59 Å². The summed E-state index contributed by atoms with van der Waals surface area (Å²) < 4.78 is 0. The van der Waals surface area contributed by atoms with Crippen molar-refractivity contribution in [1.82, 2.24) is 5.32 Å². The van der Waals surface area contributed by atoms with Crippen LogP contribution in [0.4, 0.5) is 0 Å². The van der Waals surface area contributed by atoms with Crippen LogP contribution in [0, 0.1) is 23.7 Å². The first kappa shape index (κ1) is 18.2. The highest BCUT2D eigenvalue weighted by molar-refractivity contribution is 5.82. The lowest BCUT2D eigenvalue weighted by atomic mass is 9.78. The van der Waals surface area contributed by atoms with Crippen LogP contribution in [0.2, 0.25) is 0 Å². The molecule has 3 heteroatoms. The molecule has 0 unspecified atom stereocenters. The van der Waals surface area contributed by atoms with E-state index in [4.69, 9.17) is 0 Å². The summed E-state index contributed by atoms with van der Waals surface area (Å²) in [6.45, 7) is 9.16. The Morgan fingerprint density at radius 2 is 1.67 bits per heavy atom. The van der Waals surface area contributed by atoms with E-state index in [1.807, 2.05) is 13.8 Å². The maximum atomic E-state index is 12.0. The number of hydrogen-bond donors (Lipinski definition) is 1. The number of ketones is 1. The van der Waals surface area contributed by atoms with Crippen LogP contribution in [0.3, 0.4) is 0 Å². The van der Waals surface area contributed by atoms with E-state index in [1.54, 1.807) is 0 Å². The number of carbonyl (C=O) groups excluding carboxylic acids is 2. The average Bonchev–Trinajstić information content (AvgIpc) is 2.44. The first-order valence-corrected chi connectivity index (χ1v) is 8.70. The van der Waals surface area contributed by atoms with Gasteiger partial charge in [0.2, 0.25) is 5.91 Å². The number of amides is 1. The van der Waals surface area contributed by atoms with Crippen LogP contribution >= 0.6 is 0 Å². The predicted molar refractivity (Wildman–Crippen MR) is 87.0 cm³/mol. The number of carbonyl (C=O) groups is 2. The first-order valence-electron chi connectivity index (χ1n) is 8.70. The van der Waals surface area contributed by atoms with Gasteiger partial charge in [0.05, 0.1) is 0 Å². The maximum absolute atomic E-state index is 12.0. The third-order valence-corrected chi connectivity index (χ3v) is 4.59. The maximum Gasteiger partial charge on any atom is 0.220 e. The van der Waals surface area contributed by atoms with E-state index in [0.717, 1.165) is 45.1 Å². The summed E-state index contributed by atoms with van der Waals surface area (Å²) in [5, 5.41) is 3.07. The van der Waals surface area contributed by atoms with Gasteiger partial charge in [0.15, 0.2) is 0 Å². The molecule has 0 atom stereocenters. The Kier molecular flexibility index (Phi) is 7.98. The van der Waals surface area contributed by atoms with Gasteiger partial charge in [-0.25, -0.2) is 0 Å². The lowest BCUT2D eigenvalue weighted by molar-refractivity contribution is -0.127. The van der Waals surface area contributed by atoms with Crippen molar-refractivity contribution in [2.75, 3.05) is 6.54 Å². The normalized spacial score (nSPS) is 22.6. The van der Waals surface area contributed by atoms with Crippen molar-refractivity contribution < 1.29 is 9.59 Å². The van der Waals surface area contributed by atoms with E-state index in [-0.39, 0.29) is 17.7 Å². The molecule has 1 amide bonds. The fraction of sp³-hybridized carbons (Fsp3) is 0.889. The molecule has 0 aromatic carbocycles. The highest BCUT2D eigenvalue weighted by atomic mass is 16.1. The fourth-order valence-electron chi connectivity index (χ4n) is 3.14. The lowest BCUT2D eigenvalue weighted by Crippen LogP contribution is -2.33. The van der Waals surface area contributed by atoms with Gasteiger partial charge in [0, 0.05) is 24.8 Å². The summed E-state index contributed by atoms with van der Waals surface area (Å²) >= 11 is 0. The number of Topliss-reactive ketones (excluding diaryl/α,β-unsaturated/α-hetero) is 1. The average molecular weight is 295 g/mol. The van der Waals surface area contributed by atoms with Crippen molar-refractivity contribution in [3.05, 3.63) is 0 Å². The monoisotopic (exact) mass is 295 g/mol. The molecular formula is C18H33NO2. The Morgan fingerprint density at radius 3 is 2.19 bits per heavy atom. The molecule has 0 spiro atoms. The minimum absolute atomic E-state index is 0.159. The molecule has 0 aromatic heterocycles. The van der Waals surface area contributed by atoms with Crippen LogP contribution in [0.25, 0.3) is 0 Å². The molecule has 21 heavy (non-hydrogen) atoms. The molecule has 1 aliphatic carbocycles. The van der Waals surface area contributed by atoms with Crippen LogP contribution in [-0.4, -0.2) is 18.2 Å². The molecule has 0 saturated heterocycles. The van der Waals surface area contributed by atoms with Gasteiger partial charge in [-0.15, -0.1) is 0 Å². The Morgan fingerprint density at radius 1 is 1.05 bits per heavy atom. The molecule has 0 aromatic rings. The zero-order valence-electron chi connectivity index (χ0n) is 14.3. The van der Waals surface area contributed by atoms with Gasteiger partial charge in [-0.3, -0.25) is 9.59 Å². The van der Waals surface area contributed by atoms with Crippen LogP contribution in [0.15, 0.2) is 0 Å². The topological polar surface area (TPSA) is 46.2 Å². The Balaban J connectivity index is 2.15. The van der Waals surface area contributed by atoms with Crippen LogP contribution in [0.1, 0.15) is 72.6 Å². The van der Waals surface area contributed by atoms with Gasteiger partial charge in [-0.2, -0.15) is 0 Å². The number of nitrogens with one attached hydrogen (secondary N) is 1. The molecule has 0 aliphatic heterocycles. The molecule has 1 aliphatic rings. The zero-order valence-corrected chi connectivity index (χ0v) is 14.3. The van der Waals surface area contributed by atoms with Crippen LogP contribution in [0.5, 0.6) is 0 Å². The molecule has 1 fully saturated rings. The minimum Gasteiger partial charge on any atom is -0.356 e. The van der Waals surface area contributed by atoms with E-state index in [1.165, 1.54) is 0 Å². The quantitative estimate of drug-likeness (QED) is 0.736. The van der Waals surface area contributed by atoms with Gasteiger partial charge in [0.25, 0.3) is 0 Å². The predicted octanol–water partition coefficient (Wildman–Crippen LogP) is 3.96. The molecule has 1 saturated carbocycles. The SMILES string of the molecule is CC(C)CCCC(=O)NC[C@H]1CC[C@H](C(=O)C(C)C)CC1. The van der Waals surface area contributed by atoms with E-state index < -0.39 is 0 Å². The van der Waals surface area contributed by atoms with Crippen molar-refractivity contribution in [3.63, 3.8) is 0 Å². The summed E-state index contributed by atoms with van der Waals surface area (Å²) in [6, 6.07) is 0. The third-order valence-electron chi connectivity index (χ3n) is 4.59. The standard InChI is InChI=1S/C18H33NO2/c1-13(2)6-5-7-17(20)19-12-15-8-10-16(11-9-15)18(21)14(3)4/h13-16H,5-12H2,1-4H3,(H,19,20)/t15-,16-.